The van der Waals surface area contributed by atoms with E-state index in [1.807, 2.05) is 11.9 Å². The van der Waals surface area contributed by atoms with Gasteiger partial charge in [0.25, 0.3) is 0 Å². The van der Waals surface area contributed by atoms with Gasteiger partial charge in [0, 0.05) is 36.4 Å². The first-order valence-corrected chi connectivity index (χ1v) is 9.40. The molecule has 0 fully saturated rings. The lowest BCUT2D eigenvalue weighted by atomic mass is 10.1. The van der Waals surface area contributed by atoms with Crippen molar-refractivity contribution in [1.82, 2.24) is 9.88 Å². The van der Waals surface area contributed by atoms with Crippen molar-refractivity contribution in [3.63, 3.8) is 0 Å². The fourth-order valence-electron chi connectivity index (χ4n) is 3.14. The van der Waals surface area contributed by atoms with Crippen LogP contribution in [0.5, 0.6) is 11.5 Å². The van der Waals surface area contributed by atoms with Gasteiger partial charge in [0.2, 0.25) is 0 Å². The molecular weight excluding hydrogens is 407 g/mol. The van der Waals surface area contributed by atoms with E-state index in [2.05, 4.69) is 22.9 Å². The van der Waals surface area contributed by atoms with E-state index < -0.39 is 5.82 Å². The normalized spacial score (nSPS) is 10.8. The molecule has 0 amide bonds. The SMILES string of the molecule is C=CCN(C)Cc1cc(F)c(Cl)cc1Nc1c(C#N)cnc2cc(OC)c(O)cc12. The lowest BCUT2D eigenvalue weighted by Gasteiger charge is -2.20. The maximum Gasteiger partial charge on any atom is 0.162 e. The van der Waals surface area contributed by atoms with E-state index >= 15 is 0 Å². The Hall–Kier alpha value is -3.34. The minimum absolute atomic E-state index is 0.0472. The van der Waals surface area contributed by atoms with Gasteiger partial charge in [0.15, 0.2) is 11.5 Å². The summed E-state index contributed by atoms with van der Waals surface area (Å²) in [6.45, 7) is 4.75. The van der Waals surface area contributed by atoms with Gasteiger partial charge in [0.1, 0.15) is 11.9 Å². The predicted octanol–water partition coefficient (Wildman–Crippen LogP) is 4.97. The molecule has 0 aliphatic heterocycles. The van der Waals surface area contributed by atoms with Gasteiger partial charge in [-0.15, -0.1) is 6.58 Å². The number of nitriles is 1. The number of rotatable bonds is 7. The Kier molecular flexibility index (Phi) is 6.40. The summed E-state index contributed by atoms with van der Waals surface area (Å²) < 4.78 is 19.3. The lowest BCUT2D eigenvalue weighted by molar-refractivity contribution is 0.363. The molecule has 2 N–H and O–H groups in total. The number of phenols is 1. The number of aromatic hydroxyl groups is 1. The summed E-state index contributed by atoms with van der Waals surface area (Å²) >= 11 is 6.03. The summed E-state index contributed by atoms with van der Waals surface area (Å²) in [7, 11) is 3.32. The molecule has 3 rings (SSSR count). The summed E-state index contributed by atoms with van der Waals surface area (Å²) in [5.74, 6) is -0.359. The van der Waals surface area contributed by atoms with Crippen molar-refractivity contribution in [2.75, 3.05) is 26.0 Å². The maximum atomic E-state index is 14.2. The number of halogens is 2. The Balaban J connectivity index is 2.15. The van der Waals surface area contributed by atoms with Crippen molar-refractivity contribution in [2.24, 2.45) is 0 Å². The smallest absolute Gasteiger partial charge is 0.162 e. The number of anilines is 2. The van der Waals surface area contributed by atoms with E-state index in [9.17, 15) is 14.8 Å². The highest BCUT2D eigenvalue weighted by atomic mass is 35.5. The van der Waals surface area contributed by atoms with E-state index in [4.69, 9.17) is 16.3 Å². The number of nitrogens with zero attached hydrogens (tertiary/aromatic N) is 3. The molecule has 0 aliphatic carbocycles. The van der Waals surface area contributed by atoms with Crippen LogP contribution in [0.2, 0.25) is 5.02 Å². The molecule has 0 unspecified atom stereocenters. The van der Waals surface area contributed by atoms with E-state index in [0.29, 0.717) is 40.9 Å². The van der Waals surface area contributed by atoms with Crippen molar-refractivity contribution < 1.29 is 14.2 Å². The van der Waals surface area contributed by atoms with Gasteiger partial charge in [-0.3, -0.25) is 9.88 Å². The van der Waals surface area contributed by atoms with Gasteiger partial charge in [-0.1, -0.05) is 17.7 Å². The molecule has 0 bridgehead atoms. The molecule has 2 aromatic carbocycles. The first kappa shape index (κ1) is 21.4. The molecule has 0 atom stereocenters. The number of phenolic OH excluding ortho intramolecular Hbond substituents is 1. The Morgan fingerprint density at radius 2 is 2.17 bits per heavy atom. The molecule has 1 heterocycles. The van der Waals surface area contributed by atoms with Crippen LogP contribution in [-0.4, -0.2) is 35.7 Å². The second kappa shape index (κ2) is 8.99. The van der Waals surface area contributed by atoms with Gasteiger partial charge >= 0.3 is 0 Å². The molecule has 3 aromatic rings. The summed E-state index contributed by atoms with van der Waals surface area (Å²) in [5.41, 5.74) is 2.39. The van der Waals surface area contributed by atoms with Crippen LogP contribution >= 0.6 is 11.6 Å². The molecule has 30 heavy (non-hydrogen) atoms. The Morgan fingerprint density at radius 3 is 2.83 bits per heavy atom. The maximum absolute atomic E-state index is 14.2. The van der Waals surface area contributed by atoms with Crippen LogP contribution in [0.15, 0.2) is 43.1 Å². The summed E-state index contributed by atoms with van der Waals surface area (Å²) in [6, 6.07) is 7.98. The highest BCUT2D eigenvalue weighted by Crippen LogP contribution is 2.37. The first-order chi connectivity index (χ1) is 14.4. The van der Waals surface area contributed by atoms with Crippen molar-refractivity contribution in [3.8, 4) is 17.6 Å². The molecule has 6 nitrogen and oxygen atoms in total. The van der Waals surface area contributed by atoms with Crippen LogP contribution < -0.4 is 10.1 Å². The third-order valence-electron chi connectivity index (χ3n) is 4.58. The summed E-state index contributed by atoms with van der Waals surface area (Å²) in [5, 5.41) is 23.5. The number of hydrogen-bond donors (Lipinski definition) is 2. The topological polar surface area (TPSA) is 81.4 Å². The lowest BCUT2D eigenvalue weighted by Crippen LogP contribution is -2.18. The van der Waals surface area contributed by atoms with E-state index in [0.717, 1.165) is 0 Å². The van der Waals surface area contributed by atoms with E-state index in [1.165, 1.54) is 31.5 Å². The number of fused-ring (bicyclic) bond motifs is 1. The molecule has 8 heteroatoms. The highest BCUT2D eigenvalue weighted by molar-refractivity contribution is 6.31. The fourth-order valence-corrected chi connectivity index (χ4v) is 3.30. The zero-order valence-electron chi connectivity index (χ0n) is 16.5. The van der Waals surface area contributed by atoms with E-state index in [1.54, 1.807) is 12.1 Å². The first-order valence-electron chi connectivity index (χ1n) is 9.02. The fraction of sp³-hybridized carbons (Fsp3) is 0.182. The standard InChI is InChI=1S/C22H20ClFN4O2/c1-4-5-28(2)12-13-6-17(24)16(23)8-18(13)27-22-14(10-25)11-26-19-9-21(30-3)20(29)7-15(19)22/h4,6-9,11,29H,1,5,12H2,2-3H3,(H,26,27). The number of pyridine rings is 1. The number of ether oxygens (including phenoxy) is 1. The number of likely N-dealkylation sites (N-methyl/N-ethyl adjacent to an activating group) is 1. The molecule has 0 saturated carbocycles. The number of hydrogen-bond acceptors (Lipinski definition) is 6. The zero-order valence-corrected chi connectivity index (χ0v) is 17.3. The number of aromatic nitrogens is 1. The quantitative estimate of drug-likeness (QED) is 0.519. The Bertz CT molecular complexity index is 1160. The Labute approximate surface area is 178 Å². The van der Waals surface area contributed by atoms with E-state index in [-0.39, 0.29) is 22.1 Å². The second-order valence-corrected chi connectivity index (χ2v) is 7.14. The van der Waals surface area contributed by atoms with Gasteiger partial charge in [-0.2, -0.15) is 5.26 Å². The van der Waals surface area contributed by atoms with Crippen LogP contribution in [0.25, 0.3) is 10.9 Å². The van der Waals surface area contributed by atoms with Gasteiger partial charge in [-0.05, 0) is 30.8 Å². The van der Waals surface area contributed by atoms with Crippen molar-refractivity contribution in [2.45, 2.75) is 6.54 Å². The molecule has 0 spiro atoms. The largest absolute Gasteiger partial charge is 0.504 e. The average Bonchev–Trinajstić information content (AvgIpc) is 2.71. The molecule has 0 saturated heterocycles. The number of benzene rings is 2. The van der Waals surface area contributed by atoms with Gasteiger partial charge < -0.3 is 15.2 Å². The van der Waals surface area contributed by atoms with Crippen LogP contribution in [0.4, 0.5) is 15.8 Å². The number of methoxy groups -OCH3 is 1. The van der Waals surface area contributed by atoms with Crippen LogP contribution in [0.3, 0.4) is 0 Å². The minimum atomic E-state index is -0.535. The van der Waals surface area contributed by atoms with Crippen LogP contribution in [0, 0.1) is 17.1 Å². The predicted molar refractivity (Wildman–Crippen MR) is 116 cm³/mol. The molecule has 1 aromatic heterocycles. The summed E-state index contributed by atoms with van der Waals surface area (Å²) in [4.78, 5) is 6.22. The third kappa shape index (κ3) is 4.30. The van der Waals surface area contributed by atoms with Crippen molar-refractivity contribution in [1.29, 1.82) is 5.26 Å². The molecule has 0 radical (unpaired) electrons. The molecular formula is C22H20ClFN4O2. The Morgan fingerprint density at radius 1 is 1.40 bits per heavy atom. The van der Waals surface area contributed by atoms with Crippen LogP contribution in [-0.2, 0) is 6.54 Å². The monoisotopic (exact) mass is 426 g/mol. The van der Waals surface area contributed by atoms with Gasteiger partial charge in [-0.25, -0.2) is 4.39 Å². The zero-order chi connectivity index (χ0) is 21.8. The molecule has 0 aliphatic rings. The third-order valence-corrected chi connectivity index (χ3v) is 4.87. The average molecular weight is 427 g/mol. The van der Waals surface area contributed by atoms with Crippen molar-refractivity contribution in [3.05, 3.63) is 65.1 Å². The summed E-state index contributed by atoms with van der Waals surface area (Å²) in [6.07, 6.45) is 3.18. The minimum Gasteiger partial charge on any atom is -0.504 e. The second-order valence-electron chi connectivity index (χ2n) is 6.73. The van der Waals surface area contributed by atoms with Crippen LogP contribution in [0.1, 0.15) is 11.1 Å². The van der Waals surface area contributed by atoms with Gasteiger partial charge in [0.05, 0.1) is 28.9 Å². The molecule has 154 valence electrons. The van der Waals surface area contributed by atoms with Crippen molar-refractivity contribution >= 4 is 33.9 Å². The number of nitrogens with one attached hydrogen (secondary N) is 1. The highest BCUT2D eigenvalue weighted by Gasteiger charge is 2.16.